The number of rotatable bonds is 3. The van der Waals surface area contributed by atoms with Crippen LogP contribution >= 0.6 is 0 Å². The molecule has 2 rings (SSSR count). The number of aromatic hydroxyl groups is 1. The van der Waals surface area contributed by atoms with Gasteiger partial charge in [0.1, 0.15) is 22.8 Å². The maximum Gasteiger partial charge on any atom is 0.338 e. The van der Waals surface area contributed by atoms with Gasteiger partial charge >= 0.3 is 5.97 Å². The molecule has 110 valence electrons. The van der Waals surface area contributed by atoms with Crippen LogP contribution in [-0.4, -0.2) is 16.7 Å². The number of carbonyl (C=O) groups excluding carboxylic acids is 1. The topological polar surface area (TPSA) is 55.8 Å². The molecule has 0 unspecified atom stereocenters. The molecule has 0 saturated heterocycles. The monoisotopic (exact) mass is 286 g/mol. The average Bonchev–Trinajstić information content (AvgIpc) is 2.37. The van der Waals surface area contributed by atoms with E-state index in [1.807, 2.05) is 20.8 Å². The van der Waals surface area contributed by atoms with E-state index in [9.17, 15) is 9.90 Å². The molecule has 2 aromatic carbocycles. The molecule has 0 aliphatic heterocycles. The van der Waals surface area contributed by atoms with Crippen LogP contribution in [0.15, 0.2) is 48.5 Å². The highest BCUT2D eigenvalue weighted by atomic mass is 16.6. The fourth-order valence-corrected chi connectivity index (χ4v) is 1.68. The minimum absolute atomic E-state index is 0.137. The standard InChI is InChI=1S/C17H18O4/c1-17(2,3)21-16(19)12-7-9-14(10-8-12)20-15-6-4-5-13(18)11-15/h4-11,18H,1-3H3. The number of ether oxygens (including phenoxy) is 2. The zero-order valence-electron chi connectivity index (χ0n) is 12.3. The van der Waals surface area contributed by atoms with Crippen molar-refractivity contribution in [3.63, 3.8) is 0 Å². The van der Waals surface area contributed by atoms with Gasteiger partial charge in [-0.05, 0) is 57.2 Å². The summed E-state index contributed by atoms with van der Waals surface area (Å²) < 4.78 is 10.9. The second-order valence-corrected chi connectivity index (χ2v) is 5.63. The largest absolute Gasteiger partial charge is 0.508 e. The van der Waals surface area contributed by atoms with Gasteiger partial charge in [-0.1, -0.05) is 6.07 Å². The molecule has 0 amide bonds. The molecular formula is C17H18O4. The number of carbonyl (C=O) groups is 1. The van der Waals surface area contributed by atoms with Crippen LogP contribution in [0.1, 0.15) is 31.1 Å². The van der Waals surface area contributed by atoms with E-state index < -0.39 is 5.60 Å². The van der Waals surface area contributed by atoms with Gasteiger partial charge < -0.3 is 14.6 Å². The molecule has 4 nitrogen and oxygen atoms in total. The van der Waals surface area contributed by atoms with Crippen LogP contribution in [0, 0.1) is 0 Å². The highest BCUT2D eigenvalue weighted by molar-refractivity contribution is 5.89. The van der Waals surface area contributed by atoms with E-state index in [2.05, 4.69) is 0 Å². The van der Waals surface area contributed by atoms with Gasteiger partial charge in [-0.3, -0.25) is 0 Å². The number of phenols is 1. The van der Waals surface area contributed by atoms with E-state index in [0.717, 1.165) is 0 Å². The van der Waals surface area contributed by atoms with Gasteiger partial charge in [0.25, 0.3) is 0 Å². The molecule has 0 radical (unpaired) electrons. The lowest BCUT2D eigenvalue weighted by Gasteiger charge is -2.19. The summed E-state index contributed by atoms with van der Waals surface area (Å²) >= 11 is 0. The van der Waals surface area contributed by atoms with Crippen LogP contribution in [0.25, 0.3) is 0 Å². The van der Waals surface area contributed by atoms with Crippen molar-refractivity contribution in [1.29, 1.82) is 0 Å². The van der Waals surface area contributed by atoms with Crippen LogP contribution in [0.4, 0.5) is 0 Å². The molecule has 1 N–H and O–H groups in total. The van der Waals surface area contributed by atoms with Crippen molar-refractivity contribution in [2.75, 3.05) is 0 Å². The second-order valence-electron chi connectivity index (χ2n) is 5.63. The van der Waals surface area contributed by atoms with Crippen molar-refractivity contribution in [2.24, 2.45) is 0 Å². The molecule has 0 spiro atoms. The first-order chi connectivity index (χ1) is 9.83. The summed E-state index contributed by atoms with van der Waals surface area (Å²) in [7, 11) is 0. The van der Waals surface area contributed by atoms with E-state index in [1.165, 1.54) is 6.07 Å². The lowest BCUT2D eigenvalue weighted by atomic mass is 10.1. The normalized spacial score (nSPS) is 11.0. The van der Waals surface area contributed by atoms with Crippen LogP contribution in [0.3, 0.4) is 0 Å². The number of hydrogen-bond acceptors (Lipinski definition) is 4. The summed E-state index contributed by atoms with van der Waals surface area (Å²) in [5.74, 6) is 0.872. The Morgan fingerprint density at radius 3 is 2.24 bits per heavy atom. The summed E-state index contributed by atoms with van der Waals surface area (Å²) in [5, 5.41) is 9.37. The Bertz CT molecular complexity index is 624. The molecule has 0 aliphatic rings. The van der Waals surface area contributed by atoms with Gasteiger partial charge in [0, 0.05) is 6.07 Å². The third-order valence-electron chi connectivity index (χ3n) is 2.54. The van der Waals surface area contributed by atoms with Gasteiger partial charge in [0.2, 0.25) is 0 Å². The van der Waals surface area contributed by atoms with E-state index >= 15 is 0 Å². The van der Waals surface area contributed by atoms with Gasteiger partial charge in [-0.25, -0.2) is 4.79 Å². The number of hydrogen-bond donors (Lipinski definition) is 1. The van der Waals surface area contributed by atoms with Gasteiger partial charge in [0.05, 0.1) is 5.56 Å². The summed E-state index contributed by atoms with van der Waals surface area (Å²) in [6, 6.07) is 13.2. The van der Waals surface area contributed by atoms with E-state index in [-0.39, 0.29) is 11.7 Å². The second kappa shape index (κ2) is 5.87. The maximum atomic E-state index is 11.9. The van der Waals surface area contributed by atoms with Crippen molar-refractivity contribution >= 4 is 5.97 Å². The smallest absolute Gasteiger partial charge is 0.338 e. The molecule has 2 aromatic rings. The SMILES string of the molecule is CC(C)(C)OC(=O)c1ccc(Oc2cccc(O)c2)cc1. The first-order valence-electron chi connectivity index (χ1n) is 6.64. The highest BCUT2D eigenvalue weighted by Crippen LogP contribution is 2.25. The van der Waals surface area contributed by atoms with Crippen molar-refractivity contribution in [2.45, 2.75) is 26.4 Å². The Balaban J connectivity index is 2.07. The molecule has 0 aliphatic carbocycles. The Morgan fingerprint density at radius 2 is 1.67 bits per heavy atom. The minimum Gasteiger partial charge on any atom is -0.508 e. The number of benzene rings is 2. The van der Waals surface area contributed by atoms with Crippen molar-refractivity contribution < 1.29 is 19.4 Å². The molecule has 0 saturated carbocycles. The van der Waals surface area contributed by atoms with Gasteiger partial charge in [0.15, 0.2) is 0 Å². The van der Waals surface area contributed by atoms with E-state index in [4.69, 9.17) is 9.47 Å². The molecule has 0 aromatic heterocycles. The van der Waals surface area contributed by atoms with Crippen LogP contribution in [0.5, 0.6) is 17.2 Å². The number of esters is 1. The Hall–Kier alpha value is -2.49. The first-order valence-corrected chi connectivity index (χ1v) is 6.64. The molecule has 4 heteroatoms. The predicted octanol–water partition coefficient (Wildman–Crippen LogP) is 4.14. The molecule has 0 heterocycles. The average molecular weight is 286 g/mol. The Morgan fingerprint density at radius 1 is 1.00 bits per heavy atom. The zero-order chi connectivity index (χ0) is 15.5. The molecule has 0 fully saturated rings. The molecule has 0 bridgehead atoms. The Labute approximate surface area is 123 Å². The molecular weight excluding hydrogens is 268 g/mol. The fraction of sp³-hybridized carbons (Fsp3) is 0.235. The van der Waals surface area contributed by atoms with Gasteiger partial charge in [-0.2, -0.15) is 0 Å². The van der Waals surface area contributed by atoms with Crippen molar-refractivity contribution in [1.82, 2.24) is 0 Å². The van der Waals surface area contributed by atoms with Crippen LogP contribution in [0.2, 0.25) is 0 Å². The Kier molecular flexibility index (Phi) is 4.17. The minimum atomic E-state index is -0.520. The van der Waals surface area contributed by atoms with E-state index in [1.54, 1.807) is 42.5 Å². The summed E-state index contributed by atoms with van der Waals surface area (Å²) in [5.41, 5.74) is -0.0541. The zero-order valence-corrected chi connectivity index (χ0v) is 12.3. The molecule has 21 heavy (non-hydrogen) atoms. The third-order valence-corrected chi connectivity index (χ3v) is 2.54. The quantitative estimate of drug-likeness (QED) is 0.861. The number of phenolic OH excluding ortho intramolecular Hbond substituents is 1. The van der Waals surface area contributed by atoms with Gasteiger partial charge in [-0.15, -0.1) is 0 Å². The summed E-state index contributed by atoms with van der Waals surface area (Å²) in [6.07, 6.45) is 0. The fourth-order valence-electron chi connectivity index (χ4n) is 1.68. The van der Waals surface area contributed by atoms with Crippen molar-refractivity contribution in [3.8, 4) is 17.2 Å². The van der Waals surface area contributed by atoms with E-state index in [0.29, 0.717) is 17.1 Å². The highest BCUT2D eigenvalue weighted by Gasteiger charge is 2.17. The maximum absolute atomic E-state index is 11.9. The van der Waals surface area contributed by atoms with Crippen LogP contribution < -0.4 is 4.74 Å². The predicted molar refractivity (Wildman–Crippen MR) is 79.8 cm³/mol. The first kappa shape index (κ1) is 14.9. The lowest BCUT2D eigenvalue weighted by Crippen LogP contribution is -2.23. The summed E-state index contributed by atoms with van der Waals surface area (Å²) in [6.45, 7) is 5.47. The van der Waals surface area contributed by atoms with Crippen molar-refractivity contribution in [3.05, 3.63) is 54.1 Å². The van der Waals surface area contributed by atoms with Crippen LogP contribution in [-0.2, 0) is 4.74 Å². The third kappa shape index (κ3) is 4.53. The lowest BCUT2D eigenvalue weighted by molar-refractivity contribution is 0.00695. The summed E-state index contributed by atoms with van der Waals surface area (Å²) in [4.78, 5) is 11.9. The molecule has 0 atom stereocenters.